The summed E-state index contributed by atoms with van der Waals surface area (Å²) in [5.74, 6) is 1.95. The molecule has 0 bridgehead atoms. The molecule has 3 atom stereocenters. The number of rotatable bonds is 8. The van der Waals surface area contributed by atoms with Crippen molar-refractivity contribution >= 4 is 10.8 Å². The van der Waals surface area contributed by atoms with E-state index in [1.165, 1.54) is 0 Å². The Morgan fingerprint density at radius 1 is 1.50 bits per heavy atom. The van der Waals surface area contributed by atoms with Crippen LogP contribution in [0.1, 0.15) is 20.3 Å². The third-order valence-corrected chi connectivity index (χ3v) is 3.94. The highest BCUT2D eigenvalue weighted by Crippen LogP contribution is 2.08. The van der Waals surface area contributed by atoms with Crippen molar-refractivity contribution in [1.82, 2.24) is 5.32 Å². The lowest BCUT2D eigenvalue weighted by atomic mass is 10.0. The van der Waals surface area contributed by atoms with Gasteiger partial charge in [0.25, 0.3) is 0 Å². The number of ether oxygens (including phenoxy) is 1. The molecule has 0 aliphatic carbocycles. The fraction of sp³-hybridized carbons (Fsp3) is 1.00. The van der Waals surface area contributed by atoms with Crippen LogP contribution in [0.5, 0.6) is 0 Å². The van der Waals surface area contributed by atoms with Gasteiger partial charge >= 0.3 is 0 Å². The minimum Gasteiger partial charge on any atom is -0.384 e. The maximum absolute atomic E-state index is 11.6. The van der Waals surface area contributed by atoms with Gasteiger partial charge in [-0.05, 0) is 13.0 Å². The van der Waals surface area contributed by atoms with E-state index in [0.29, 0.717) is 24.3 Å². The predicted molar refractivity (Wildman–Crippen MR) is 62.1 cm³/mol. The molecule has 0 rings (SSSR count). The third kappa shape index (κ3) is 5.73. The molecule has 0 aromatic heterocycles. The van der Waals surface area contributed by atoms with E-state index in [1.54, 1.807) is 7.11 Å². The van der Waals surface area contributed by atoms with Gasteiger partial charge < -0.3 is 10.1 Å². The lowest BCUT2D eigenvalue weighted by molar-refractivity contribution is 0.218. The van der Waals surface area contributed by atoms with Crippen molar-refractivity contribution in [2.75, 3.05) is 32.3 Å². The van der Waals surface area contributed by atoms with E-state index in [-0.39, 0.29) is 0 Å². The minimum absolute atomic E-state index is 0.359. The average Bonchev–Trinajstić information content (AvgIpc) is 2.21. The summed E-state index contributed by atoms with van der Waals surface area (Å²) in [7, 11) is 2.82. The molecule has 3 nitrogen and oxygen atoms in total. The SMILES string of the molecule is CCC(C)C(CS(=O)CCOC)NC. The second kappa shape index (κ2) is 8.38. The van der Waals surface area contributed by atoms with Gasteiger partial charge in [0.1, 0.15) is 0 Å². The van der Waals surface area contributed by atoms with Gasteiger partial charge in [0.05, 0.1) is 6.61 Å². The van der Waals surface area contributed by atoms with Crippen molar-refractivity contribution in [3.8, 4) is 0 Å². The Balaban J connectivity index is 3.85. The lowest BCUT2D eigenvalue weighted by Crippen LogP contribution is -2.37. The first-order valence-corrected chi connectivity index (χ1v) is 6.65. The summed E-state index contributed by atoms with van der Waals surface area (Å²) in [4.78, 5) is 0. The van der Waals surface area contributed by atoms with Crippen LogP contribution in [-0.4, -0.2) is 42.5 Å². The van der Waals surface area contributed by atoms with Crippen molar-refractivity contribution in [1.29, 1.82) is 0 Å². The molecule has 0 fully saturated rings. The summed E-state index contributed by atoms with van der Waals surface area (Å²) in [6.45, 7) is 4.94. The van der Waals surface area contributed by atoms with E-state index in [9.17, 15) is 4.21 Å². The summed E-state index contributed by atoms with van der Waals surface area (Å²) in [5, 5.41) is 3.23. The molecule has 0 radical (unpaired) electrons. The van der Waals surface area contributed by atoms with Crippen LogP contribution in [0.4, 0.5) is 0 Å². The van der Waals surface area contributed by atoms with Crippen molar-refractivity contribution < 1.29 is 8.95 Å². The van der Waals surface area contributed by atoms with Crippen LogP contribution >= 0.6 is 0 Å². The summed E-state index contributed by atoms with van der Waals surface area (Å²) in [6.07, 6.45) is 1.12. The van der Waals surface area contributed by atoms with E-state index in [1.807, 2.05) is 7.05 Å². The fourth-order valence-corrected chi connectivity index (χ4v) is 2.69. The Hall–Kier alpha value is 0.0700. The topological polar surface area (TPSA) is 38.3 Å². The van der Waals surface area contributed by atoms with E-state index < -0.39 is 10.8 Å². The second-order valence-electron chi connectivity index (χ2n) is 3.58. The Bertz CT molecular complexity index is 164. The Morgan fingerprint density at radius 3 is 2.57 bits per heavy atom. The molecule has 3 unspecified atom stereocenters. The standard InChI is InChI=1S/C10H23NO2S/c1-5-9(2)10(11-3)8-14(12)7-6-13-4/h9-11H,5-8H2,1-4H3. The van der Waals surface area contributed by atoms with E-state index in [0.717, 1.165) is 12.2 Å². The Kier molecular flexibility index (Phi) is 8.43. The Labute approximate surface area is 90.1 Å². The zero-order valence-electron chi connectivity index (χ0n) is 9.71. The zero-order chi connectivity index (χ0) is 11.0. The molecule has 1 N–H and O–H groups in total. The van der Waals surface area contributed by atoms with Crippen LogP contribution < -0.4 is 5.32 Å². The predicted octanol–water partition coefficient (Wildman–Crippen LogP) is 1.02. The van der Waals surface area contributed by atoms with Crippen LogP contribution in [0.25, 0.3) is 0 Å². The first-order chi connectivity index (χ1) is 6.65. The van der Waals surface area contributed by atoms with Gasteiger partial charge in [-0.3, -0.25) is 4.21 Å². The van der Waals surface area contributed by atoms with Gasteiger partial charge in [0.15, 0.2) is 0 Å². The highest BCUT2D eigenvalue weighted by molar-refractivity contribution is 7.85. The zero-order valence-corrected chi connectivity index (χ0v) is 10.5. The highest BCUT2D eigenvalue weighted by atomic mass is 32.2. The first kappa shape index (κ1) is 14.1. The van der Waals surface area contributed by atoms with Crippen LogP contribution in [0.3, 0.4) is 0 Å². The molecular formula is C10H23NO2S. The number of methoxy groups -OCH3 is 1. The van der Waals surface area contributed by atoms with Gasteiger partial charge in [-0.1, -0.05) is 20.3 Å². The molecular weight excluding hydrogens is 198 g/mol. The van der Waals surface area contributed by atoms with E-state index >= 15 is 0 Å². The quantitative estimate of drug-likeness (QED) is 0.665. The molecule has 0 saturated carbocycles. The molecule has 0 heterocycles. The number of hydrogen-bond acceptors (Lipinski definition) is 3. The normalized spacial score (nSPS) is 17.7. The van der Waals surface area contributed by atoms with Crippen molar-refractivity contribution in [3.63, 3.8) is 0 Å². The molecule has 4 heteroatoms. The maximum Gasteiger partial charge on any atom is 0.0577 e. The molecule has 0 spiro atoms. The van der Waals surface area contributed by atoms with Crippen LogP contribution in [0.15, 0.2) is 0 Å². The van der Waals surface area contributed by atoms with Crippen molar-refractivity contribution in [2.24, 2.45) is 5.92 Å². The summed E-state index contributed by atoms with van der Waals surface area (Å²) < 4.78 is 16.5. The smallest absolute Gasteiger partial charge is 0.0577 e. The minimum atomic E-state index is -0.760. The average molecular weight is 221 g/mol. The molecule has 0 aromatic rings. The molecule has 0 aliphatic heterocycles. The Morgan fingerprint density at radius 2 is 2.14 bits per heavy atom. The van der Waals surface area contributed by atoms with Gasteiger partial charge in [0, 0.05) is 35.5 Å². The summed E-state index contributed by atoms with van der Waals surface area (Å²) in [5.41, 5.74) is 0. The van der Waals surface area contributed by atoms with Crippen molar-refractivity contribution in [3.05, 3.63) is 0 Å². The van der Waals surface area contributed by atoms with E-state index in [2.05, 4.69) is 19.2 Å². The van der Waals surface area contributed by atoms with Crippen LogP contribution in [0, 0.1) is 5.92 Å². The fourth-order valence-electron chi connectivity index (χ4n) is 1.28. The largest absolute Gasteiger partial charge is 0.384 e. The summed E-state index contributed by atoms with van der Waals surface area (Å²) in [6, 6.07) is 0.359. The molecule has 14 heavy (non-hydrogen) atoms. The molecule has 0 saturated heterocycles. The number of hydrogen-bond donors (Lipinski definition) is 1. The monoisotopic (exact) mass is 221 g/mol. The van der Waals surface area contributed by atoms with Crippen LogP contribution in [0.2, 0.25) is 0 Å². The summed E-state index contributed by atoms with van der Waals surface area (Å²) >= 11 is 0. The van der Waals surface area contributed by atoms with Gasteiger partial charge in [0.2, 0.25) is 0 Å². The van der Waals surface area contributed by atoms with Gasteiger partial charge in [-0.2, -0.15) is 0 Å². The van der Waals surface area contributed by atoms with Gasteiger partial charge in [-0.15, -0.1) is 0 Å². The van der Waals surface area contributed by atoms with E-state index in [4.69, 9.17) is 4.74 Å². The first-order valence-electron chi connectivity index (χ1n) is 5.16. The molecule has 0 aliphatic rings. The molecule has 0 aromatic carbocycles. The second-order valence-corrected chi connectivity index (χ2v) is 5.21. The molecule has 86 valence electrons. The highest BCUT2D eigenvalue weighted by Gasteiger charge is 2.16. The lowest BCUT2D eigenvalue weighted by Gasteiger charge is -2.21. The number of nitrogens with one attached hydrogen (secondary N) is 1. The molecule has 0 amide bonds. The van der Waals surface area contributed by atoms with Crippen molar-refractivity contribution in [2.45, 2.75) is 26.3 Å². The maximum atomic E-state index is 11.6. The third-order valence-electron chi connectivity index (χ3n) is 2.58. The van der Waals surface area contributed by atoms with Crippen LogP contribution in [-0.2, 0) is 15.5 Å². The van der Waals surface area contributed by atoms with Gasteiger partial charge in [-0.25, -0.2) is 0 Å².